The van der Waals surface area contributed by atoms with Crippen LogP contribution in [0.15, 0.2) is 77.6 Å². The third-order valence-corrected chi connectivity index (χ3v) is 6.34. The third-order valence-electron chi connectivity index (χ3n) is 6.34. The van der Waals surface area contributed by atoms with E-state index in [0.29, 0.717) is 41.2 Å². The molecule has 0 aliphatic heterocycles. The highest BCUT2D eigenvalue weighted by Crippen LogP contribution is 2.35. The van der Waals surface area contributed by atoms with Crippen molar-refractivity contribution in [2.45, 2.75) is 39.4 Å². The minimum absolute atomic E-state index is 0.157. The van der Waals surface area contributed by atoms with E-state index in [9.17, 15) is 22.8 Å². The van der Waals surface area contributed by atoms with E-state index in [2.05, 4.69) is 5.32 Å². The maximum absolute atomic E-state index is 13.8. The van der Waals surface area contributed by atoms with Crippen LogP contribution >= 0.6 is 0 Å². The summed E-state index contributed by atoms with van der Waals surface area (Å²) in [6.07, 6.45) is -4.29. The van der Waals surface area contributed by atoms with E-state index in [-0.39, 0.29) is 17.8 Å². The quantitative estimate of drug-likeness (QED) is 0.267. The van der Waals surface area contributed by atoms with Gasteiger partial charge in [0.05, 0.1) is 40.5 Å². The molecule has 1 atom stereocenters. The van der Waals surface area contributed by atoms with E-state index in [0.717, 1.165) is 6.07 Å². The van der Waals surface area contributed by atoms with Gasteiger partial charge < -0.3 is 15.0 Å². The number of rotatable bonds is 8. The van der Waals surface area contributed by atoms with Gasteiger partial charge in [-0.1, -0.05) is 31.2 Å². The Hall–Kier alpha value is -4.34. The van der Waals surface area contributed by atoms with Crippen molar-refractivity contribution < 1.29 is 22.7 Å². The van der Waals surface area contributed by atoms with Gasteiger partial charge in [-0.2, -0.15) is 13.2 Å². The maximum Gasteiger partial charge on any atom is 0.418 e. The molecular formula is C29H29F3N4O3. The highest BCUT2D eigenvalue weighted by Gasteiger charge is 2.35. The van der Waals surface area contributed by atoms with Crippen LogP contribution in [-0.2, 0) is 6.18 Å². The SMILES string of the molecule is CCOc1ccc(-n2c(C(CC)N(CC)C(=O)Nc3ccccc3C(F)(F)F)nc3ccccc3c2=O)cc1. The van der Waals surface area contributed by atoms with E-state index in [4.69, 9.17) is 9.72 Å². The number of hydrogen-bond donors (Lipinski definition) is 1. The number of urea groups is 1. The Kier molecular flexibility index (Phi) is 8.23. The largest absolute Gasteiger partial charge is 0.494 e. The lowest BCUT2D eigenvalue weighted by Gasteiger charge is -2.31. The molecule has 0 spiro atoms. The molecule has 0 radical (unpaired) electrons. The van der Waals surface area contributed by atoms with Gasteiger partial charge in [-0.05, 0) is 68.8 Å². The van der Waals surface area contributed by atoms with Crippen LogP contribution in [0.25, 0.3) is 16.6 Å². The van der Waals surface area contributed by atoms with Gasteiger partial charge in [0.2, 0.25) is 0 Å². The zero-order chi connectivity index (χ0) is 28.2. The fraction of sp³-hybridized carbons (Fsp3) is 0.276. The van der Waals surface area contributed by atoms with Gasteiger partial charge in [0.25, 0.3) is 5.56 Å². The normalized spacial score (nSPS) is 12.3. The van der Waals surface area contributed by atoms with Crippen molar-refractivity contribution in [1.29, 1.82) is 0 Å². The monoisotopic (exact) mass is 538 g/mol. The molecule has 0 aliphatic rings. The number of benzene rings is 3. The smallest absolute Gasteiger partial charge is 0.418 e. The second-order valence-corrected chi connectivity index (χ2v) is 8.74. The molecule has 0 saturated carbocycles. The minimum atomic E-state index is -4.64. The Balaban J connectivity index is 1.82. The van der Waals surface area contributed by atoms with Crippen LogP contribution in [-0.4, -0.2) is 33.6 Å². The predicted molar refractivity (Wildman–Crippen MR) is 144 cm³/mol. The molecule has 0 fully saturated rings. The summed E-state index contributed by atoms with van der Waals surface area (Å²) in [5.41, 5.74) is -0.639. The fourth-order valence-corrected chi connectivity index (χ4v) is 4.56. The fourth-order valence-electron chi connectivity index (χ4n) is 4.56. The van der Waals surface area contributed by atoms with Gasteiger partial charge in [0.1, 0.15) is 11.6 Å². The summed E-state index contributed by atoms with van der Waals surface area (Å²) in [5, 5.41) is 2.82. The number of anilines is 1. The molecule has 39 heavy (non-hydrogen) atoms. The Labute approximate surface area is 223 Å². The predicted octanol–water partition coefficient (Wildman–Crippen LogP) is 6.81. The number of amides is 2. The van der Waals surface area contributed by atoms with E-state index >= 15 is 0 Å². The number of carbonyl (C=O) groups excluding carboxylic acids is 1. The van der Waals surface area contributed by atoms with Gasteiger partial charge >= 0.3 is 12.2 Å². The van der Waals surface area contributed by atoms with Gasteiger partial charge in [-0.15, -0.1) is 0 Å². The van der Waals surface area contributed by atoms with Crippen molar-refractivity contribution in [3.05, 3.63) is 94.5 Å². The van der Waals surface area contributed by atoms with Gasteiger partial charge in [0.15, 0.2) is 0 Å². The number of alkyl halides is 3. The van der Waals surface area contributed by atoms with Crippen molar-refractivity contribution >= 4 is 22.6 Å². The lowest BCUT2D eigenvalue weighted by molar-refractivity contribution is -0.136. The van der Waals surface area contributed by atoms with Crippen LogP contribution in [0.2, 0.25) is 0 Å². The number of aromatic nitrogens is 2. The first-order valence-electron chi connectivity index (χ1n) is 12.7. The topological polar surface area (TPSA) is 76.5 Å². The Morgan fingerprint density at radius 2 is 1.67 bits per heavy atom. The first kappa shape index (κ1) is 27.7. The second kappa shape index (κ2) is 11.6. The average Bonchev–Trinajstić information content (AvgIpc) is 2.92. The van der Waals surface area contributed by atoms with Crippen molar-refractivity contribution in [2.24, 2.45) is 0 Å². The van der Waals surface area contributed by atoms with Crippen LogP contribution in [0.3, 0.4) is 0 Å². The number of nitrogens with one attached hydrogen (secondary N) is 1. The zero-order valence-electron chi connectivity index (χ0n) is 21.8. The van der Waals surface area contributed by atoms with Crippen LogP contribution < -0.4 is 15.6 Å². The molecule has 7 nitrogen and oxygen atoms in total. The molecule has 1 heterocycles. The Morgan fingerprint density at radius 3 is 2.31 bits per heavy atom. The van der Waals surface area contributed by atoms with Crippen LogP contribution in [0.5, 0.6) is 5.75 Å². The molecule has 1 N–H and O–H groups in total. The molecule has 4 aromatic rings. The highest BCUT2D eigenvalue weighted by molar-refractivity contribution is 5.90. The average molecular weight is 539 g/mol. The lowest BCUT2D eigenvalue weighted by Crippen LogP contribution is -2.41. The Bertz CT molecular complexity index is 1520. The molecule has 4 rings (SSSR count). The summed E-state index contributed by atoms with van der Waals surface area (Å²) in [4.78, 5) is 33.4. The molecule has 3 aromatic carbocycles. The van der Waals surface area contributed by atoms with Crippen molar-refractivity contribution in [3.63, 3.8) is 0 Å². The standard InChI is InChI=1S/C29H29F3N4O3/c1-4-25(35(5-2)28(38)34-24-14-10-8-12-22(24)29(30,31)32)26-33-23-13-9-7-11-21(23)27(37)36(26)19-15-17-20(18-16-19)39-6-3/h7-18,25H,4-6H2,1-3H3,(H,34,38). The van der Waals surface area contributed by atoms with Crippen LogP contribution in [0.4, 0.5) is 23.7 Å². The second-order valence-electron chi connectivity index (χ2n) is 8.74. The molecule has 2 amide bonds. The summed E-state index contributed by atoms with van der Waals surface area (Å²) in [6, 6.07) is 17.2. The van der Waals surface area contributed by atoms with Gasteiger partial charge in [-0.25, -0.2) is 9.78 Å². The van der Waals surface area contributed by atoms with E-state index in [1.165, 1.54) is 27.7 Å². The number of nitrogens with zero attached hydrogens (tertiary/aromatic N) is 3. The van der Waals surface area contributed by atoms with Crippen molar-refractivity contribution in [3.8, 4) is 11.4 Å². The van der Waals surface area contributed by atoms with E-state index in [1.54, 1.807) is 55.5 Å². The number of hydrogen-bond acceptors (Lipinski definition) is 4. The van der Waals surface area contributed by atoms with Crippen molar-refractivity contribution in [1.82, 2.24) is 14.5 Å². The molecule has 10 heteroatoms. The van der Waals surface area contributed by atoms with Gasteiger partial charge in [0, 0.05) is 6.54 Å². The molecule has 0 aliphatic carbocycles. The molecule has 0 saturated heterocycles. The summed E-state index contributed by atoms with van der Waals surface area (Å²) >= 11 is 0. The highest BCUT2D eigenvalue weighted by atomic mass is 19.4. The van der Waals surface area contributed by atoms with E-state index in [1.807, 2.05) is 13.8 Å². The number of carbonyl (C=O) groups is 1. The number of ether oxygens (including phenoxy) is 1. The zero-order valence-corrected chi connectivity index (χ0v) is 21.8. The molecule has 1 unspecified atom stereocenters. The summed E-state index contributed by atoms with van der Waals surface area (Å²) in [5.74, 6) is 0.931. The molecular weight excluding hydrogens is 509 g/mol. The summed E-state index contributed by atoms with van der Waals surface area (Å²) < 4.78 is 47.7. The molecule has 0 bridgehead atoms. The summed E-state index contributed by atoms with van der Waals surface area (Å²) in [6.45, 7) is 6.06. The molecule has 1 aromatic heterocycles. The minimum Gasteiger partial charge on any atom is -0.494 e. The number of halogens is 3. The van der Waals surface area contributed by atoms with Crippen LogP contribution in [0, 0.1) is 0 Å². The third kappa shape index (κ3) is 5.74. The van der Waals surface area contributed by atoms with Crippen molar-refractivity contribution in [2.75, 3.05) is 18.5 Å². The first-order chi connectivity index (χ1) is 18.7. The Morgan fingerprint density at radius 1 is 1.00 bits per heavy atom. The lowest BCUT2D eigenvalue weighted by atomic mass is 10.1. The number of fused-ring (bicyclic) bond motifs is 1. The summed E-state index contributed by atoms with van der Waals surface area (Å²) in [7, 11) is 0. The first-order valence-corrected chi connectivity index (χ1v) is 12.7. The van der Waals surface area contributed by atoms with Gasteiger partial charge in [-0.3, -0.25) is 9.36 Å². The molecule has 204 valence electrons. The van der Waals surface area contributed by atoms with Crippen LogP contribution in [0.1, 0.15) is 44.6 Å². The van der Waals surface area contributed by atoms with E-state index < -0.39 is 23.8 Å². The number of para-hydroxylation sites is 2. The maximum atomic E-state index is 13.8.